The van der Waals surface area contributed by atoms with Gasteiger partial charge in [0.05, 0.1) is 17.3 Å². The number of carboxylic acid groups (broad SMARTS) is 1. The van der Waals surface area contributed by atoms with Crippen LogP contribution in [-0.2, 0) is 12.6 Å². The summed E-state index contributed by atoms with van der Waals surface area (Å²) in [5.74, 6) is -1.18. The van der Waals surface area contributed by atoms with Crippen molar-refractivity contribution < 1.29 is 23.1 Å². The molecule has 0 bridgehead atoms. The van der Waals surface area contributed by atoms with Crippen LogP contribution in [-0.4, -0.2) is 26.1 Å². The van der Waals surface area contributed by atoms with Gasteiger partial charge in [-0.05, 0) is 37.0 Å². The number of carbonyl (C=O) groups is 1. The van der Waals surface area contributed by atoms with Gasteiger partial charge < -0.3 is 5.11 Å². The van der Waals surface area contributed by atoms with Crippen molar-refractivity contribution in [3.63, 3.8) is 0 Å². The lowest BCUT2D eigenvalue weighted by Crippen LogP contribution is -2.21. The maximum atomic E-state index is 12.8. The van der Waals surface area contributed by atoms with Crippen LogP contribution in [0.3, 0.4) is 0 Å². The predicted octanol–water partition coefficient (Wildman–Crippen LogP) is 2.92. The third-order valence-electron chi connectivity index (χ3n) is 3.78. The Morgan fingerprint density at radius 2 is 2.14 bits per heavy atom. The molecule has 0 spiro atoms. The molecule has 8 heteroatoms. The second-order valence-corrected chi connectivity index (χ2v) is 5.17. The molecule has 1 unspecified atom stereocenters. The first-order valence-electron chi connectivity index (χ1n) is 6.72. The van der Waals surface area contributed by atoms with E-state index in [1.54, 1.807) is 6.07 Å². The zero-order valence-electron chi connectivity index (χ0n) is 11.3. The standard InChI is InChI=1S/C14H12F3N3O2/c15-14(16,17)9-4-1-3-8(7-9)10-5-2-6-11-12(13(21)22)18-19-20(10)11/h1,3-4,7,10H,2,5-6H2,(H,21,22). The van der Waals surface area contributed by atoms with Gasteiger partial charge >= 0.3 is 12.1 Å². The number of fused-ring (bicyclic) bond motifs is 1. The topological polar surface area (TPSA) is 68.0 Å². The van der Waals surface area contributed by atoms with Gasteiger partial charge in [0.25, 0.3) is 0 Å². The number of alkyl halides is 3. The summed E-state index contributed by atoms with van der Waals surface area (Å²) in [7, 11) is 0. The van der Waals surface area contributed by atoms with E-state index in [4.69, 9.17) is 5.11 Å². The van der Waals surface area contributed by atoms with Crippen LogP contribution in [0, 0.1) is 0 Å². The molecule has 0 amide bonds. The maximum absolute atomic E-state index is 12.8. The van der Waals surface area contributed by atoms with Gasteiger partial charge in [0.15, 0.2) is 5.69 Å². The van der Waals surface area contributed by atoms with Crippen molar-refractivity contribution in [2.75, 3.05) is 0 Å². The van der Waals surface area contributed by atoms with E-state index in [0.717, 1.165) is 12.1 Å². The summed E-state index contributed by atoms with van der Waals surface area (Å²) < 4.78 is 39.9. The lowest BCUT2D eigenvalue weighted by atomic mass is 9.94. The molecule has 22 heavy (non-hydrogen) atoms. The van der Waals surface area contributed by atoms with E-state index in [1.807, 2.05) is 0 Å². The monoisotopic (exact) mass is 311 g/mol. The lowest BCUT2D eigenvalue weighted by Gasteiger charge is -2.24. The Morgan fingerprint density at radius 1 is 1.36 bits per heavy atom. The largest absolute Gasteiger partial charge is 0.476 e. The first-order valence-corrected chi connectivity index (χ1v) is 6.72. The van der Waals surface area contributed by atoms with E-state index in [0.29, 0.717) is 30.5 Å². The number of halogens is 3. The molecule has 1 aromatic heterocycles. The molecule has 2 heterocycles. The summed E-state index contributed by atoms with van der Waals surface area (Å²) in [6, 6.07) is 4.62. The molecule has 1 N–H and O–H groups in total. The minimum atomic E-state index is -4.41. The molecule has 5 nitrogen and oxygen atoms in total. The van der Waals surface area contributed by atoms with Gasteiger partial charge in [0, 0.05) is 0 Å². The average molecular weight is 311 g/mol. The Balaban J connectivity index is 2.03. The van der Waals surface area contributed by atoms with Crippen molar-refractivity contribution in [3.05, 3.63) is 46.8 Å². The Morgan fingerprint density at radius 3 is 2.82 bits per heavy atom. The summed E-state index contributed by atoms with van der Waals surface area (Å²) in [4.78, 5) is 11.1. The molecule has 0 fully saturated rings. The number of benzene rings is 1. The zero-order valence-corrected chi connectivity index (χ0v) is 11.3. The zero-order chi connectivity index (χ0) is 15.9. The first-order chi connectivity index (χ1) is 10.4. The van der Waals surface area contributed by atoms with Gasteiger partial charge in [-0.25, -0.2) is 9.48 Å². The molecule has 0 saturated carbocycles. The van der Waals surface area contributed by atoms with Crippen LogP contribution in [0.15, 0.2) is 24.3 Å². The second-order valence-electron chi connectivity index (χ2n) is 5.17. The summed E-state index contributed by atoms with van der Waals surface area (Å²) >= 11 is 0. The molecule has 116 valence electrons. The average Bonchev–Trinajstić information content (AvgIpc) is 2.90. The van der Waals surface area contributed by atoms with Crippen LogP contribution >= 0.6 is 0 Å². The molecule has 1 atom stereocenters. The van der Waals surface area contributed by atoms with E-state index < -0.39 is 23.8 Å². The van der Waals surface area contributed by atoms with Crippen molar-refractivity contribution in [1.29, 1.82) is 0 Å². The van der Waals surface area contributed by atoms with Gasteiger partial charge in [-0.1, -0.05) is 17.3 Å². The van der Waals surface area contributed by atoms with E-state index in [1.165, 1.54) is 10.7 Å². The lowest BCUT2D eigenvalue weighted by molar-refractivity contribution is -0.137. The van der Waals surface area contributed by atoms with Crippen LogP contribution in [0.2, 0.25) is 0 Å². The summed E-state index contributed by atoms with van der Waals surface area (Å²) in [5.41, 5.74) is 0.0612. The predicted molar refractivity (Wildman–Crippen MR) is 69.5 cm³/mol. The molecule has 0 aliphatic carbocycles. The highest BCUT2D eigenvalue weighted by atomic mass is 19.4. The Kier molecular flexibility index (Phi) is 3.38. The van der Waals surface area contributed by atoms with Gasteiger partial charge in [-0.15, -0.1) is 5.10 Å². The summed E-state index contributed by atoms with van der Waals surface area (Å²) in [5, 5.41) is 16.5. The summed E-state index contributed by atoms with van der Waals surface area (Å²) in [6.45, 7) is 0. The van der Waals surface area contributed by atoms with Crippen LogP contribution in [0.5, 0.6) is 0 Å². The second kappa shape index (κ2) is 5.11. The van der Waals surface area contributed by atoms with Gasteiger partial charge in [0.1, 0.15) is 0 Å². The normalized spacial score (nSPS) is 18.0. The van der Waals surface area contributed by atoms with Gasteiger partial charge in [-0.2, -0.15) is 13.2 Å². The molecule has 0 radical (unpaired) electrons. The van der Waals surface area contributed by atoms with E-state index in [2.05, 4.69) is 10.3 Å². The number of nitrogens with zero attached hydrogens (tertiary/aromatic N) is 3. The highest BCUT2D eigenvalue weighted by molar-refractivity contribution is 5.86. The highest BCUT2D eigenvalue weighted by Gasteiger charge is 2.33. The van der Waals surface area contributed by atoms with Crippen LogP contribution < -0.4 is 0 Å². The fraction of sp³-hybridized carbons (Fsp3) is 0.357. The molecule has 3 rings (SSSR count). The van der Waals surface area contributed by atoms with Crippen molar-refractivity contribution in [3.8, 4) is 0 Å². The van der Waals surface area contributed by atoms with Crippen molar-refractivity contribution in [2.45, 2.75) is 31.5 Å². The quantitative estimate of drug-likeness (QED) is 0.926. The minimum absolute atomic E-state index is 0.128. The highest BCUT2D eigenvalue weighted by Crippen LogP contribution is 2.35. The van der Waals surface area contributed by atoms with Crippen LogP contribution in [0.1, 0.15) is 46.2 Å². The van der Waals surface area contributed by atoms with Crippen molar-refractivity contribution >= 4 is 5.97 Å². The number of hydrogen-bond donors (Lipinski definition) is 1. The minimum Gasteiger partial charge on any atom is -0.476 e. The molecule has 1 aliphatic rings. The van der Waals surface area contributed by atoms with Gasteiger partial charge in [-0.3, -0.25) is 0 Å². The van der Waals surface area contributed by atoms with Crippen LogP contribution in [0.25, 0.3) is 0 Å². The number of aromatic carboxylic acids is 1. The Bertz CT molecular complexity index is 724. The number of rotatable bonds is 2. The maximum Gasteiger partial charge on any atom is 0.416 e. The van der Waals surface area contributed by atoms with E-state index >= 15 is 0 Å². The Labute approximate surface area is 123 Å². The fourth-order valence-electron chi connectivity index (χ4n) is 2.78. The molecular formula is C14H12F3N3O2. The molecule has 0 saturated heterocycles. The number of aromatic nitrogens is 3. The third-order valence-corrected chi connectivity index (χ3v) is 3.78. The van der Waals surface area contributed by atoms with Crippen LogP contribution in [0.4, 0.5) is 13.2 Å². The number of carboxylic acids is 1. The summed E-state index contributed by atoms with van der Waals surface area (Å²) in [6.07, 6.45) is -2.64. The molecule has 2 aromatic rings. The fourth-order valence-corrected chi connectivity index (χ4v) is 2.78. The van der Waals surface area contributed by atoms with E-state index in [-0.39, 0.29) is 5.69 Å². The SMILES string of the molecule is O=C(O)c1nnn2c1CCCC2c1cccc(C(F)(F)F)c1. The van der Waals surface area contributed by atoms with Crippen molar-refractivity contribution in [1.82, 2.24) is 15.0 Å². The third kappa shape index (κ3) is 2.44. The van der Waals surface area contributed by atoms with Gasteiger partial charge in [0.2, 0.25) is 0 Å². The molecular weight excluding hydrogens is 299 g/mol. The Hall–Kier alpha value is -2.38. The number of hydrogen-bond acceptors (Lipinski definition) is 3. The molecule has 1 aliphatic heterocycles. The van der Waals surface area contributed by atoms with Crippen molar-refractivity contribution in [2.24, 2.45) is 0 Å². The molecule has 1 aromatic carbocycles. The van der Waals surface area contributed by atoms with E-state index in [9.17, 15) is 18.0 Å². The first kappa shape index (κ1) is 14.6. The smallest absolute Gasteiger partial charge is 0.416 e.